The fraction of sp³-hybridized carbons (Fsp3) is 0.167. The van der Waals surface area contributed by atoms with Crippen LogP contribution in [0.3, 0.4) is 0 Å². The molecule has 0 bridgehead atoms. The summed E-state index contributed by atoms with van der Waals surface area (Å²) in [7, 11) is 0. The van der Waals surface area contributed by atoms with Crippen LogP contribution in [0.25, 0.3) is 0 Å². The summed E-state index contributed by atoms with van der Waals surface area (Å²) in [6.07, 6.45) is 0.924. The maximum Gasteiger partial charge on any atom is 0.354 e. The van der Waals surface area contributed by atoms with Gasteiger partial charge in [-0.3, -0.25) is 4.57 Å². The molecule has 6 heteroatoms. The van der Waals surface area contributed by atoms with Gasteiger partial charge in [0.1, 0.15) is 0 Å². The first-order chi connectivity index (χ1) is 5.52. The van der Waals surface area contributed by atoms with Gasteiger partial charge in [0.25, 0.3) is 0 Å². The van der Waals surface area contributed by atoms with E-state index in [1.165, 1.54) is 6.92 Å². The molecule has 64 valence electrons. The minimum Gasteiger partial charge on any atom is -0.381 e. The molecule has 4 nitrogen and oxygen atoms in total. The van der Waals surface area contributed by atoms with Gasteiger partial charge < -0.3 is 5.73 Å². The number of halogens is 1. The lowest BCUT2D eigenvalue weighted by Crippen LogP contribution is -2.27. The third-order valence-electron chi connectivity index (χ3n) is 1.25. The second-order valence-electron chi connectivity index (χ2n) is 2.15. The Balaban J connectivity index is 3.43. The number of nitrogen functional groups attached to an aromatic ring is 1. The van der Waals surface area contributed by atoms with E-state index in [2.05, 4.69) is 17.2 Å². The Kier molecular flexibility index (Phi) is 2.18. The van der Waals surface area contributed by atoms with Gasteiger partial charge in [0.2, 0.25) is 0 Å². The SMILES string of the molecule is CC(=S)n1cc(F)c(N)nc1=O. The number of thiocarbonyl (C=S) groups is 1. The van der Waals surface area contributed by atoms with Crippen LogP contribution in [0.15, 0.2) is 11.0 Å². The molecule has 0 saturated heterocycles. The number of aromatic nitrogens is 2. The minimum absolute atomic E-state index is 0.228. The largest absolute Gasteiger partial charge is 0.381 e. The van der Waals surface area contributed by atoms with Crippen molar-refractivity contribution in [1.29, 1.82) is 0 Å². The number of hydrogen-bond donors (Lipinski definition) is 1. The summed E-state index contributed by atoms with van der Waals surface area (Å²) < 4.78 is 13.6. The summed E-state index contributed by atoms with van der Waals surface area (Å²) in [6, 6.07) is 0. The van der Waals surface area contributed by atoms with Crippen LogP contribution in [0.5, 0.6) is 0 Å². The molecule has 0 aliphatic heterocycles. The number of hydrogen-bond acceptors (Lipinski definition) is 4. The highest BCUT2D eigenvalue weighted by Crippen LogP contribution is 2.00. The maximum absolute atomic E-state index is 12.7. The zero-order chi connectivity index (χ0) is 9.30. The Morgan fingerprint density at radius 2 is 2.42 bits per heavy atom. The number of anilines is 1. The van der Waals surface area contributed by atoms with Crippen molar-refractivity contribution in [3.8, 4) is 0 Å². The molecule has 0 atom stereocenters. The number of rotatable bonds is 0. The molecule has 12 heavy (non-hydrogen) atoms. The summed E-state index contributed by atoms with van der Waals surface area (Å²) in [5.41, 5.74) is 4.38. The lowest BCUT2D eigenvalue weighted by Gasteiger charge is -2.01. The Morgan fingerprint density at radius 1 is 1.83 bits per heavy atom. The van der Waals surface area contributed by atoms with Crippen LogP contribution in [-0.2, 0) is 0 Å². The second-order valence-corrected chi connectivity index (χ2v) is 2.74. The van der Waals surface area contributed by atoms with Gasteiger partial charge in [0.15, 0.2) is 11.6 Å². The van der Waals surface area contributed by atoms with Gasteiger partial charge in [-0.25, -0.2) is 9.18 Å². The predicted molar refractivity (Wildman–Crippen MR) is 46.5 cm³/mol. The fourth-order valence-corrected chi connectivity index (χ4v) is 0.801. The first-order valence-corrected chi connectivity index (χ1v) is 3.49. The van der Waals surface area contributed by atoms with Gasteiger partial charge in [-0.05, 0) is 6.92 Å². The molecule has 1 rings (SSSR count). The highest BCUT2D eigenvalue weighted by Gasteiger charge is 2.05. The number of nitrogens with two attached hydrogens (primary N) is 1. The topological polar surface area (TPSA) is 60.9 Å². The number of nitrogens with zero attached hydrogens (tertiary/aromatic N) is 2. The summed E-state index contributed by atoms with van der Waals surface area (Å²) in [5, 5.41) is 0. The predicted octanol–water partition coefficient (Wildman–Crippen LogP) is 0.160. The molecular formula is C6H6FN3OS. The van der Waals surface area contributed by atoms with Crippen LogP contribution < -0.4 is 11.4 Å². The quantitative estimate of drug-likeness (QED) is 0.588. The van der Waals surface area contributed by atoms with Crippen LogP contribution in [-0.4, -0.2) is 14.5 Å². The molecular weight excluding hydrogens is 181 g/mol. The molecule has 0 saturated carbocycles. The Bertz CT molecular complexity index is 387. The highest BCUT2D eigenvalue weighted by atomic mass is 32.1. The third kappa shape index (κ3) is 1.48. The summed E-state index contributed by atoms with van der Waals surface area (Å²) >= 11 is 4.67. The van der Waals surface area contributed by atoms with Gasteiger partial charge in [0.05, 0.1) is 11.2 Å². The second kappa shape index (κ2) is 2.98. The first-order valence-electron chi connectivity index (χ1n) is 3.08. The normalized spacial score (nSPS) is 9.83. The zero-order valence-electron chi connectivity index (χ0n) is 6.24. The van der Waals surface area contributed by atoms with E-state index in [1.807, 2.05) is 0 Å². The first kappa shape index (κ1) is 8.79. The average molecular weight is 187 g/mol. The van der Waals surface area contributed by atoms with Gasteiger partial charge in [-0.15, -0.1) is 0 Å². The summed E-state index contributed by atoms with van der Waals surface area (Å²) in [4.78, 5) is 14.4. The Morgan fingerprint density at radius 3 is 2.92 bits per heavy atom. The van der Waals surface area contributed by atoms with E-state index in [9.17, 15) is 9.18 Å². The molecule has 1 aromatic rings. The van der Waals surface area contributed by atoms with Gasteiger partial charge in [0, 0.05) is 0 Å². The highest BCUT2D eigenvalue weighted by molar-refractivity contribution is 7.80. The molecule has 0 fully saturated rings. The van der Waals surface area contributed by atoms with Crippen molar-refractivity contribution in [3.05, 3.63) is 22.5 Å². The molecule has 2 N–H and O–H groups in total. The minimum atomic E-state index is -0.751. The van der Waals surface area contributed by atoms with Crippen molar-refractivity contribution in [2.75, 3.05) is 5.73 Å². The van der Waals surface area contributed by atoms with Crippen LogP contribution in [0.4, 0.5) is 10.2 Å². The van der Waals surface area contributed by atoms with E-state index in [0.717, 1.165) is 10.8 Å². The molecule has 0 radical (unpaired) electrons. The smallest absolute Gasteiger partial charge is 0.354 e. The molecule has 0 amide bonds. The van der Waals surface area contributed by atoms with Crippen LogP contribution in [0.1, 0.15) is 6.92 Å². The molecule has 0 spiro atoms. The van der Waals surface area contributed by atoms with Crippen molar-refractivity contribution in [1.82, 2.24) is 9.55 Å². The maximum atomic E-state index is 12.7. The molecule has 1 heterocycles. The van der Waals surface area contributed by atoms with Gasteiger partial charge in [-0.2, -0.15) is 4.98 Å². The molecule has 0 aromatic carbocycles. The molecule has 0 aliphatic carbocycles. The monoisotopic (exact) mass is 187 g/mol. The lowest BCUT2D eigenvalue weighted by atomic mass is 10.5. The molecule has 1 aromatic heterocycles. The van der Waals surface area contributed by atoms with Crippen LogP contribution in [0, 0.1) is 5.82 Å². The van der Waals surface area contributed by atoms with Crippen molar-refractivity contribution >= 4 is 23.0 Å². The fourth-order valence-electron chi connectivity index (χ4n) is 0.671. The van der Waals surface area contributed by atoms with E-state index in [0.29, 0.717) is 0 Å². The van der Waals surface area contributed by atoms with Crippen LogP contribution >= 0.6 is 12.2 Å². The van der Waals surface area contributed by atoms with Crippen molar-refractivity contribution in [2.24, 2.45) is 0 Å². The molecule has 0 aliphatic rings. The molecule has 0 unspecified atom stereocenters. The van der Waals surface area contributed by atoms with E-state index >= 15 is 0 Å². The van der Waals surface area contributed by atoms with Crippen LogP contribution in [0.2, 0.25) is 0 Å². The van der Waals surface area contributed by atoms with Crippen molar-refractivity contribution in [3.63, 3.8) is 0 Å². The van der Waals surface area contributed by atoms with E-state index in [-0.39, 0.29) is 4.99 Å². The summed E-state index contributed by atoms with van der Waals surface area (Å²) in [5.74, 6) is -1.16. The van der Waals surface area contributed by atoms with Gasteiger partial charge in [-0.1, -0.05) is 12.2 Å². The van der Waals surface area contributed by atoms with Crippen molar-refractivity contribution in [2.45, 2.75) is 6.92 Å². The Hall–Kier alpha value is -1.30. The standard InChI is InChI=1S/C6H6FN3OS/c1-3(12)10-2-4(7)5(8)9-6(10)11/h2H,1H3,(H2,8,9,11). The Labute approximate surface area is 72.8 Å². The van der Waals surface area contributed by atoms with E-state index in [4.69, 9.17) is 5.73 Å². The summed E-state index contributed by atoms with van der Waals surface area (Å²) in [6.45, 7) is 1.49. The average Bonchev–Trinajstić information content (AvgIpc) is 1.96. The van der Waals surface area contributed by atoms with E-state index < -0.39 is 17.3 Å². The zero-order valence-corrected chi connectivity index (χ0v) is 7.06. The van der Waals surface area contributed by atoms with Gasteiger partial charge >= 0.3 is 5.69 Å². The van der Waals surface area contributed by atoms with E-state index in [1.54, 1.807) is 0 Å². The third-order valence-corrected chi connectivity index (χ3v) is 1.45. The lowest BCUT2D eigenvalue weighted by molar-refractivity contribution is 0.611. The van der Waals surface area contributed by atoms with Crippen molar-refractivity contribution < 1.29 is 4.39 Å².